The molecule has 6 heteroatoms. The molecule has 80 valence electrons. The molecule has 0 spiro atoms. The van der Waals surface area contributed by atoms with E-state index >= 15 is 0 Å². The SMILES string of the molecule is O=C(Nc1ccccn1)c1cc(=O)[nH]cn1. The van der Waals surface area contributed by atoms with Crippen molar-refractivity contribution >= 4 is 11.7 Å². The van der Waals surface area contributed by atoms with Crippen molar-refractivity contribution in [3.8, 4) is 0 Å². The van der Waals surface area contributed by atoms with Crippen LogP contribution in [0.15, 0.2) is 41.6 Å². The molecule has 1 amide bonds. The van der Waals surface area contributed by atoms with Gasteiger partial charge in [0.25, 0.3) is 11.5 Å². The Kier molecular flexibility index (Phi) is 2.73. The maximum atomic E-state index is 11.6. The number of aromatic amines is 1. The van der Waals surface area contributed by atoms with Crippen molar-refractivity contribution in [1.29, 1.82) is 0 Å². The normalized spacial score (nSPS) is 9.75. The highest BCUT2D eigenvalue weighted by atomic mass is 16.2. The Balaban J connectivity index is 2.18. The number of rotatable bonds is 2. The van der Waals surface area contributed by atoms with Crippen LogP contribution in [0, 0.1) is 0 Å². The Labute approximate surface area is 90.4 Å². The lowest BCUT2D eigenvalue weighted by Gasteiger charge is -2.01. The topological polar surface area (TPSA) is 87.7 Å². The lowest BCUT2D eigenvalue weighted by atomic mass is 10.3. The van der Waals surface area contributed by atoms with Gasteiger partial charge in [-0.05, 0) is 12.1 Å². The highest BCUT2D eigenvalue weighted by Gasteiger charge is 2.07. The van der Waals surface area contributed by atoms with E-state index in [4.69, 9.17) is 0 Å². The summed E-state index contributed by atoms with van der Waals surface area (Å²) in [4.78, 5) is 32.5. The molecule has 0 atom stereocenters. The third-order valence-electron chi connectivity index (χ3n) is 1.82. The van der Waals surface area contributed by atoms with Crippen molar-refractivity contribution in [1.82, 2.24) is 15.0 Å². The summed E-state index contributed by atoms with van der Waals surface area (Å²) in [6, 6.07) is 6.25. The molecule has 2 aromatic rings. The van der Waals surface area contributed by atoms with Gasteiger partial charge in [-0.25, -0.2) is 9.97 Å². The summed E-state index contributed by atoms with van der Waals surface area (Å²) in [6.45, 7) is 0. The van der Waals surface area contributed by atoms with E-state index < -0.39 is 5.91 Å². The van der Waals surface area contributed by atoms with Crippen LogP contribution in [-0.2, 0) is 0 Å². The van der Waals surface area contributed by atoms with Crippen molar-refractivity contribution in [2.24, 2.45) is 0 Å². The minimum atomic E-state index is -0.468. The summed E-state index contributed by atoms with van der Waals surface area (Å²) in [6.07, 6.45) is 2.73. The van der Waals surface area contributed by atoms with E-state index in [1.165, 1.54) is 6.33 Å². The molecule has 0 unspecified atom stereocenters. The first-order valence-electron chi connectivity index (χ1n) is 4.53. The molecule has 0 saturated heterocycles. The Morgan fingerprint density at radius 3 is 2.88 bits per heavy atom. The average molecular weight is 216 g/mol. The molecule has 2 heterocycles. The second-order valence-electron chi connectivity index (χ2n) is 2.97. The van der Waals surface area contributed by atoms with Gasteiger partial charge >= 0.3 is 0 Å². The fourth-order valence-electron chi connectivity index (χ4n) is 1.11. The Hall–Kier alpha value is -2.50. The van der Waals surface area contributed by atoms with Gasteiger partial charge in [-0.1, -0.05) is 6.07 Å². The van der Waals surface area contributed by atoms with Crippen molar-refractivity contribution in [2.45, 2.75) is 0 Å². The predicted octanol–water partition coefficient (Wildman–Crippen LogP) is 0.417. The maximum Gasteiger partial charge on any atom is 0.275 e. The van der Waals surface area contributed by atoms with Crippen LogP contribution in [0.4, 0.5) is 5.82 Å². The summed E-state index contributed by atoms with van der Waals surface area (Å²) in [5.41, 5.74) is -0.324. The summed E-state index contributed by atoms with van der Waals surface area (Å²) in [5, 5.41) is 2.52. The number of hydrogen-bond donors (Lipinski definition) is 2. The van der Waals surface area contributed by atoms with Gasteiger partial charge in [0.15, 0.2) is 0 Å². The fourth-order valence-corrected chi connectivity index (χ4v) is 1.11. The van der Waals surface area contributed by atoms with Crippen LogP contribution in [-0.4, -0.2) is 20.9 Å². The lowest BCUT2D eigenvalue weighted by molar-refractivity contribution is 0.102. The number of pyridine rings is 1. The zero-order valence-electron chi connectivity index (χ0n) is 8.18. The van der Waals surface area contributed by atoms with Crippen LogP contribution >= 0.6 is 0 Å². The van der Waals surface area contributed by atoms with Crippen molar-refractivity contribution in [3.63, 3.8) is 0 Å². The van der Waals surface area contributed by atoms with E-state index in [9.17, 15) is 9.59 Å². The first kappa shape index (κ1) is 10.0. The largest absolute Gasteiger partial charge is 0.313 e. The predicted molar refractivity (Wildman–Crippen MR) is 57.0 cm³/mol. The van der Waals surface area contributed by atoms with E-state index in [0.717, 1.165) is 6.07 Å². The highest BCUT2D eigenvalue weighted by molar-refractivity contribution is 6.02. The van der Waals surface area contributed by atoms with E-state index in [-0.39, 0.29) is 11.3 Å². The number of H-pyrrole nitrogens is 1. The summed E-state index contributed by atoms with van der Waals surface area (Å²) < 4.78 is 0. The third-order valence-corrected chi connectivity index (χ3v) is 1.82. The van der Waals surface area contributed by atoms with Gasteiger partial charge in [0.2, 0.25) is 0 Å². The molecule has 0 aromatic carbocycles. The summed E-state index contributed by atoms with van der Waals surface area (Å²) >= 11 is 0. The molecular weight excluding hydrogens is 208 g/mol. The van der Waals surface area contributed by atoms with Gasteiger partial charge in [0.1, 0.15) is 11.5 Å². The number of carbonyl (C=O) groups is 1. The van der Waals surface area contributed by atoms with E-state index in [2.05, 4.69) is 20.3 Å². The molecule has 0 aliphatic heterocycles. The molecule has 16 heavy (non-hydrogen) atoms. The highest BCUT2D eigenvalue weighted by Crippen LogP contribution is 2.01. The lowest BCUT2D eigenvalue weighted by Crippen LogP contribution is -2.18. The minimum absolute atomic E-state index is 0.0504. The second kappa shape index (κ2) is 4.35. The van der Waals surface area contributed by atoms with E-state index in [0.29, 0.717) is 5.82 Å². The number of carbonyl (C=O) groups excluding carboxylic acids is 1. The summed E-state index contributed by atoms with van der Waals surface area (Å²) in [5.74, 6) is -0.0561. The van der Waals surface area contributed by atoms with E-state index in [1.807, 2.05) is 0 Å². The van der Waals surface area contributed by atoms with Gasteiger partial charge in [-0.2, -0.15) is 0 Å². The number of aromatic nitrogens is 3. The molecule has 0 fully saturated rings. The van der Waals surface area contributed by atoms with Crippen LogP contribution in [0.3, 0.4) is 0 Å². The Morgan fingerprint density at radius 2 is 2.19 bits per heavy atom. The van der Waals surface area contributed by atoms with Crippen LogP contribution in [0.2, 0.25) is 0 Å². The molecule has 0 radical (unpaired) electrons. The zero-order valence-corrected chi connectivity index (χ0v) is 8.18. The van der Waals surface area contributed by atoms with Gasteiger partial charge < -0.3 is 10.3 Å². The smallest absolute Gasteiger partial charge is 0.275 e. The Bertz CT molecular complexity index is 550. The number of nitrogens with one attached hydrogen (secondary N) is 2. The molecule has 2 rings (SSSR count). The maximum absolute atomic E-state index is 11.6. The van der Waals surface area contributed by atoms with Crippen LogP contribution in [0.25, 0.3) is 0 Å². The minimum Gasteiger partial charge on any atom is -0.313 e. The molecule has 0 saturated carbocycles. The van der Waals surface area contributed by atoms with Crippen LogP contribution in [0.5, 0.6) is 0 Å². The number of hydrogen-bond acceptors (Lipinski definition) is 4. The number of amides is 1. The molecule has 2 aromatic heterocycles. The number of anilines is 1. The average Bonchev–Trinajstić information content (AvgIpc) is 2.30. The quantitative estimate of drug-likeness (QED) is 0.761. The monoisotopic (exact) mass is 216 g/mol. The molecular formula is C10H8N4O2. The Morgan fingerprint density at radius 1 is 1.31 bits per heavy atom. The van der Waals surface area contributed by atoms with E-state index in [1.54, 1.807) is 24.4 Å². The summed E-state index contributed by atoms with van der Waals surface area (Å²) in [7, 11) is 0. The van der Waals surface area contributed by atoms with Crippen LogP contribution in [0.1, 0.15) is 10.5 Å². The molecule has 0 aliphatic carbocycles. The molecule has 0 bridgehead atoms. The molecule has 6 nitrogen and oxygen atoms in total. The van der Waals surface area contributed by atoms with Gasteiger partial charge in [-0.15, -0.1) is 0 Å². The van der Waals surface area contributed by atoms with Gasteiger partial charge in [0, 0.05) is 12.3 Å². The van der Waals surface area contributed by atoms with Crippen molar-refractivity contribution in [3.05, 3.63) is 52.8 Å². The van der Waals surface area contributed by atoms with Crippen molar-refractivity contribution in [2.75, 3.05) is 5.32 Å². The number of nitrogens with zero attached hydrogens (tertiary/aromatic N) is 2. The van der Waals surface area contributed by atoms with Gasteiger partial charge in [0.05, 0.1) is 6.33 Å². The second-order valence-corrected chi connectivity index (χ2v) is 2.97. The van der Waals surface area contributed by atoms with Gasteiger partial charge in [-0.3, -0.25) is 9.59 Å². The molecule has 0 aliphatic rings. The molecule has 2 N–H and O–H groups in total. The third kappa shape index (κ3) is 2.30. The zero-order chi connectivity index (χ0) is 11.4. The van der Waals surface area contributed by atoms with Crippen molar-refractivity contribution < 1.29 is 4.79 Å². The fraction of sp³-hybridized carbons (Fsp3) is 0. The van der Waals surface area contributed by atoms with Crippen LogP contribution < -0.4 is 10.9 Å². The standard InChI is InChI=1S/C10H8N4O2/c15-9-5-7(12-6-13-9)10(16)14-8-3-1-2-4-11-8/h1-6H,(H,11,14,16)(H,12,13,15). The first-order chi connectivity index (χ1) is 7.75. The first-order valence-corrected chi connectivity index (χ1v) is 4.53.